The minimum Gasteiger partial charge on any atom is -0.335 e. The minimum atomic E-state index is -4.97. The van der Waals surface area contributed by atoms with Gasteiger partial charge in [0.15, 0.2) is 5.65 Å². The average molecular weight is 470 g/mol. The molecule has 2 saturated heterocycles. The van der Waals surface area contributed by atoms with Gasteiger partial charge >= 0.3 is 6.18 Å². The zero-order valence-corrected chi connectivity index (χ0v) is 18.2. The maximum Gasteiger partial charge on any atom is 0.419 e. The molecule has 1 aromatic carbocycles. The second-order valence-corrected chi connectivity index (χ2v) is 8.91. The van der Waals surface area contributed by atoms with E-state index in [4.69, 9.17) is 0 Å². The van der Waals surface area contributed by atoms with Crippen molar-refractivity contribution in [2.75, 3.05) is 24.2 Å². The summed E-state index contributed by atoms with van der Waals surface area (Å²) >= 11 is 1.71. The first-order valence-electron chi connectivity index (χ1n) is 9.93. The van der Waals surface area contributed by atoms with E-state index in [2.05, 4.69) is 24.3 Å². The Kier molecular flexibility index (Phi) is 4.86. The number of piperazine rings is 1. The molecule has 6 nitrogen and oxygen atoms in total. The van der Waals surface area contributed by atoms with Gasteiger partial charge < -0.3 is 4.90 Å². The normalized spacial score (nSPS) is 21.3. The van der Waals surface area contributed by atoms with Gasteiger partial charge in [-0.1, -0.05) is 11.9 Å². The summed E-state index contributed by atoms with van der Waals surface area (Å²) < 4.78 is 72.6. The van der Waals surface area contributed by atoms with Crippen molar-refractivity contribution in [2.24, 2.45) is 7.05 Å². The third-order valence-corrected chi connectivity index (χ3v) is 7.15. The molecular weight excluding hydrogens is 451 g/mol. The molecule has 2 unspecified atom stereocenters. The van der Waals surface area contributed by atoms with Crippen LogP contribution in [0.25, 0.3) is 22.3 Å². The molecule has 5 rings (SSSR count). The molecule has 2 bridgehead atoms. The summed E-state index contributed by atoms with van der Waals surface area (Å²) in [5.74, 6) is -2.21. The quantitative estimate of drug-likeness (QED) is 0.423. The summed E-state index contributed by atoms with van der Waals surface area (Å²) in [6.07, 6.45) is -0.459. The van der Waals surface area contributed by atoms with Crippen molar-refractivity contribution in [2.45, 2.75) is 31.6 Å². The molecule has 0 amide bonds. The molecule has 4 heterocycles. The fourth-order valence-electron chi connectivity index (χ4n) is 4.62. The van der Waals surface area contributed by atoms with Gasteiger partial charge in [0.1, 0.15) is 17.3 Å². The third kappa shape index (κ3) is 3.14. The summed E-state index contributed by atoms with van der Waals surface area (Å²) in [6.45, 7) is 2.65. The van der Waals surface area contributed by atoms with E-state index < -0.39 is 34.5 Å². The number of nitrogens with zero attached hydrogens (tertiary/aromatic N) is 6. The van der Waals surface area contributed by atoms with Gasteiger partial charge in [0.25, 0.3) is 0 Å². The van der Waals surface area contributed by atoms with Gasteiger partial charge in [-0.3, -0.25) is 0 Å². The number of halogens is 5. The van der Waals surface area contributed by atoms with E-state index in [1.807, 2.05) is 6.26 Å². The molecule has 2 aliphatic rings. The highest BCUT2D eigenvalue weighted by atomic mass is 32.2. The molecule has 0 radical (unpaired) electrons. The van der Waals surface area contributed by atoms with Crippen LogP contribution in [-0.4, -0.2) is 55.5 Å². The van der Waals surface area contributed by atoms with Crippen molar-refractivity contribution in [1.82, 2.24) is 24.1 Å². The van der Waals surface area contributed by atoms with Gasteiger partial charge in [0.2, 0.25) is 5.95 Å². The fraction of sp³-hybridized carbons (Fsp3) is 0.450. The second kappa shape index (κ2) is 7.27. The van der Waals surface area contributed by atoms with Crippen molar-refractivity contribution < 1.29 is 22.0 Å². The summed E-state index contributed by atoms with van der Waals surface area (Å²) in [5, 5.41) is 4.51. The Hall–Kier alpha value is -2.47. The van der Waals surface area contributed by atoms with Crippen molar-refractivity contribution in [3.63, 3.8) is 0 Å². The van der Waals surface area contributed by atoms with Crippen LogP contribution >= 0.6 is 11.9 Å². The van der Waals surface area contributed by atoms with Crippen LogP contribution in [0, 0.1) is 18.6 Å². The first-order chi connectivity index (χ1) is 15.1. The molecule has 3 aromatic rings. The molecule has 2 aliphatic heterocycles. The van der Waals surface area contributed by atoms with Gasteiger partial charge in [0.05, 0.1) is 10.9 Å². The summed E-state index contributed by atoms with van der Waals surface area (Å²) in [6, 6.07) is 1.15. The Bertz CT molecular complexity index is 1230. The molecule has 0 spiro atoms. The fourth-order valence-corrected chi connectivity index (χ4v) is 5.39. The van der Waals surface area contributed by atoms with Crippen molar-refractivity contribution in [1.29, 1.82) is 0 Å². The number of hydrogen-bond acceptors (Lipinski definition) is 6. The van der Waals surface area contributed by atoms with Crippen molar-refractivity contribution in [3.8, 4) is 11.3 Å². The lowest BCUT2D eigenvalue weighted by molar-refractivity contribution is -0.140. The van der Waals surface area contributed by atoms with Crippen LogP contribution in [0.15, 0.2) is 12.3 Å². The number of alkyl halides is 3. The van der Waals surface area contributed by atoms with E-state index in [-0.39, 0.29) is 11.7 Å². The van der Waals surface area contributed by atoms with E-state index >= 15 is 0 Å². The average Bonchev–Trinajstić information content (AvgIpc) is 3.44. The highest BCUT2D eigenvalue weighted by molar-refractivity contribution is 7.96. The first kappa shape index (κ1) is 21.4. The topological polar surface area (TPSA) is 50.1 Å². The van der Waals surface area contributed by atoms with Crippen LogP contribution < -0.4 is 4.90 Å². The van der Waals surface area contributed by atoms with E-state index in [9.17, 15) is 22.0 Å². The zero-order valence-electron chi connectivity index (χ0n) is 17.4. The number of hydrogen-bond donors (Lipinski definition) is 0. The number of aryl methyl sites for hydroxylation is 1. The number of benzene rings is 1. The van der Waals surface area contributed by atoms with E-state index in [0.29, 0.717) is 29.1 Å². The number of aromatic nitrogens is 4. The second-order valence-electron chi connectivity index (χ2n) is 8.08. The predicted molar refractivity (Wildman–Crippen MR) is 111 cm³/mol. The molecule has 12 heteroatoms. The maximum absolute atomic E-state index is 14.8. The summed E-state index contributed by atoms with van der Waals surface area (Å²) in [5.41, 5.74) is -2.37. The molecule has 2 atom stereocenters. The van der Waals surface area contributed by atoms with Crippen LogP contribution in [-0.2, 0) is 13.2 Å². The zero-order chi connectivity index (χ0) is 22.9. The van der Waals surface area contributed by atoms with Crippen LogP contribution in [0.4, 0.5) is 27.9 Å². The third-order valence-electron chi connectivity index (χ3n) is 6.23. The summed E-state index contributed by atoms with van der Waals surface area (Å²) in [7, 11) is 1.58. The van der Waals surface area contributed by atoms with Crippen molar-refractivity contribution >= 4 is 28.9 Å². The van der Waals surface area contributed by atoms with Gasteiger partial charge in [-0.25, -0.2) is 22.8 Å². The lowest BCUT2D eigenvalue weighted by atomic mass is 10.0. The van der Waals surface area contributed by atoms with Gasteiger partial charge in [0, 0.05) is 49.5 Å². The lowest BCUT2D eigenvalue weighted by Gasteiger charge is -2.32. The van der Waals surface area contributed by atoms with Gasteiger partial charge in [-0.15, -0.1) is 0 Å². The van der Waals surface area contributed by atoms with E-state index in [0.717, 1.165) is 26.4 Å². The smallest absolute Gasteiger partial charge is 0.335 e. The van der Waals surface area contributed by atoms with E-state index in [1.54, 1.807) is 19.0 Å². The monoisotopic (exact) mass is 470 g/mol. The highest BCUT2D eigenvalue weighted by Crippen LogP contribution is 2.40. The van der Waals surface area contributed by atoms with Gasteiger partial charge in [-0.05, 0) is 25.7 Å². The molecule has 0 aliphatic carbocycles. The Morgan fingerprint density at radius 3 is 2.50 bits per heavy atom. The molecule has 32 heavy (non-hydrogen) atoms. The van der Waals surface area contributed by atoms with Crippen LogP contribution in [0.3, 0.4) is 0 Å². The molecule has 170 valence electrons. The van der Waals surface area contributed by atoms with Crippen LogP contribution in [0.2, 0.25) is 0 Å². The van der Waals surface area contributed by atoms with Crippen molar-refractivity contribution in [3.05, 3.63) is 35.0 Å². The highest BCUT2D eigenvalue weighted by Gasteiger charge is 2.44. The largest absolute Gasteiger partial charge is 0.419 e. The minimum absolute atomic E-state index is 0.0587. The van der Waals surface area contributed by atoms with E-state index in [1.165, 1.54) is 10.9 Å². The Morgan fingerprint density at radius 2 is 1.88 bits per heavy atom. The SMILES string of the molecule is CSN1CC2CC1CN2c1ncc2c(-c3cc(C(F)(F)F)c(F)c(C)c3F)nn(C)c2n1. The standard InChI is InChI=1S/C20H19F5N6S/c1-9-15(21)12(5-14(16(9)22)20(23,24)25)17-13-6-26-19(27-18(13)29(2)28-17)30-7-11-4-10(30)8-31(11)32-3/h5-6,10-11H,4,7-8H2,1-3H3. The molecule has 2 fully saturated rings. The molecule has 0 N–H and O–H groups in total. The summed E-state index contributed by atoms with van der Waals surface area (Å²) in [4.78, 5) is 11.1. The molecule has 2 aromatic heterocycles. The number of fused-ring (bicyclic) bond motifs is 3. The Labute approximate surface area is 184 Å². The van der Waals surface area contributed by atoms with Crippen LogP contribution in [0.1, 0.15) is 17.5 Å². The molecule has 0 saturated carbocycles. The number of rotatable bonds is 3. The maximum atomic E-state index is 14.8. The molecular formula is C20H19F5N6S. The Morgan fingerprint density at radius 1 is 1.12 bits per heavy atom. The van der Waals surface area contributed by atoms with Crippen LogP contribution in [0.5, 0.6) is 0 Å². The van der Waals surface area contributed by atoms with Gasteiger partial charge in [-0.2, -0.15) is 23.3 Å². The Balaban J connectivity index is 1.59. The predicted octanol–water partition coefficient (Wildman–Crippen LogP) is 4.18. The first-order valence-corrected chi connectivity index (χ1v) is 11.1. The lowest BCUT2D eigenvalue weighted by Crippen LogP contribution is -2.44. The number of anilines is 1.